The lowest BCUT2D eigenvalue weighted by Crippen LogP contribution is -2.46. The van der Waals surface area contributed by atoms with Crippen LogP contribution in [0.3, 0.4) is 0 Å². The standard InChI is InChI=1S/C21H26FN5O2/c1-26(2)20(29)21(11-3-4-12-21)13-23-19(28)17-18(14-5-6-14)27(25-24-17)16-9-7-15(22)8-10-16/h7-10,14H,3-6,11-13H2,1-2H3,(H,23,28). The third-order valence-electron chi connectivity index (χ3n) is 5.96. The van der Waals surface area contributed by atoms with Crippen LogP contribution in [0.4, 0.5) is 4.39 Å². The summed E-state index contributed by atoms with van der Waals surface area (Å²) >= 11 is 0. The molecule has 2 fully saturated rings. The van der Waals surface area contributed by atoms with Gasteiger partial charge in [-0.15, -0.1) is 5.10 Å². The van der Waals surface area contributed by atoms with Gasteiger partial charge in [0.2, 0.25) is 5.91 Å². The fourth-order valence-electron chi connectivity index (χ4n) is 4.27. The number of nitrogens with zero attached hydrogens (tertiary/aromatic N) is 4. The third kappa shape index (κ3) is 3.75. The lowest BCUT2D eigenvalue weighted by atomic mass is 9.84. The highest BCUT2D eigenvalue weighted by atomic mass is 19.1. The molecule has 7 nitrogen and oxygen atoms in total. The van der Waals surface area contributed by atoms with E-state index in [4.69, 9.17) is 0 Å². The number of halogens is 1. The number of carbonyl (C=O) groups excluding carboxylic acids is 2. The molecule has 2 aliphatic rings. The van der Waals surface area contributed by atoms with Crippen molar-refractivity contribution in [2.75, 3.05) is 20.6 Å². The predicted molar refractivity (Wildman–Crippen MR) is 105 cm³/mol. The van der Waals surface area contributed by atoms with E-state index in [1.165, 1.54) is 12.1 Å². The predicted octanol–water partition coefficient (Wildman–Crippen LogP) is 2.66. The highest BCUT2D eigenvalue weighted by molar-refractivity contribution is 5.94. The highest BCUT2D eigenvalue weighted by Gasteiger charge is 2.43. The average Bonchev–Trinajstić information content (AvgIpc) is 3.27. The number of hydrogen-bond acceptors (Lipinski definition) is 4. The second kappa shape index (κ2) is 7.57. The van der Waals surface area contributed by atoms with Crippen LogP contribution in [0.5, 0.6) is 0 Å². The van der Waals surface area contributed by atoms with E-state index >= 15 is 0 Å². The Morgan fingerprint density at radius 2 is 1.86 bits per heavy atom. The van der Waals surface area contributed by atoms with Gasteiger partial charge < -0.3 is 10.2 Å². The van der Waals surface area contributed by atoms with Crippen molar-refractivity contribution in [1.29, 1.82) is 0 Å². The van der Waals surface area contributed by atoms with E-state index in [0.717, 1.165) is 44.2 Å². The normalized spacial score (nSPS) is 17.9. The molecule has 154 valence electrons. The number of nitrogens with one attached hydrogen (secondary N) is 1. The maximum Gasteiger partial charge on any atom is 0.273 e. The van der Waals surface area contributed by atoms with Crippen molar-refractivity contribution in [3.63, 3.8) is 0 Å². The van der Waals surface area contributed by atoms with Crippen LogP contribution in [0.2, 0.25) is 0 Å². The Kier molecular flexibility index (Phi) is 5.10. The van der Waals surface area contributed by atoms with E-state index in [1.54, 1.807) is 35.8 Å². The maximum absolute atomic E-state index is 13.3. The fraction of sp³-hybridized carbons (Fsp3) is 0.524. The average molecular weight is 399 g/mol. The van der Waals surface area contributed by atoms with Gasteiger partial charge in [-0.05, 0) is 49.9 Å². The molecule has 1 aromatic carbocycles. The SMILES string of the molecule is CN(C)C(=O)C1(CNC(=O)c2nnn(-c3ccc(F)cc3)c2C2CC2)CCCC1. The first kappa shape index (κ1) is 19.5. The van der Waals surface area contributed by atoms with Crippen LogP contribution in [0.25, 0.3) is 5.69 Å². The van der Waals surface area contributed by atoms with E-state index < -0.39 is 5.41 Å². The van der Waals surface area contributed by atoms with Gasteiger partial charge in [0.1, 0.15) is 5.82 Å². The van der Waals surface area contributed by atoms with Crippen LogP contribution < -0.4 is 5.32 Å². The summed E-state index contributed by atoms with van der Waals surface area (Å²) in [5.41, 5.74) is 1.19. The van der Waals surface area contributed by atoms with Crippen molar-refractivity contribution < 1.29 is 14.0 Å². The number of aromatic nitrogens is 3. The van der Waals surface area contributed by atoms with Crippen LogP contribution in [0.15, 0.2) is 24.3 Å². The Morgan fingerprint density at radius 1 is 1.21 bits per heavy atom. The molecule has 0 bridgehead atoms. The molecule has 29 heavy (non-hydrogen) atoms. The van der Waals surface area contributed by atoms with Crippen molar-refractivity contribution in [2.24, 2.45) is 5.41 Å². The summed E-state index contributed by atoms with van der Waals surface area (Å²) < 4.78 is 14.9. The summed E-state index contributed by atoms with van der Waals surface area (Å²) in [6.45, 7) is 0.302. The molecule has 0 saturated heterocycles. The molecular formula is C21H26FN5O2. The van der Waals surface area contributed by atoms with Gasteiger partial charge in [-0.25, -0.2) is 9.07 Å². The molecule has 2 aromatic rings. The van der Waals surface area contributed by atoms with Gasteiger partial charge >= 0.3 is 0 Å². The second-order valence-corrected chi connectivity index (χ2v) is 8.36. The quantitative estimate of drug-likeness (QED) is 0.810. The van der Waals surface area contributed by atoms with Crippen molar-refractivity contribution in [3.05, 3.63) is 41.5 Å². The molecule has 1 aromatic heterocycles. The summed E-state index contributed by atoms with van der Waals surface area (Å²) in [5, 5.41) is 11.3. The molecule has 2 aliphatic carbocycles. The zero-order chi connectivity index (χ0) is 20.6. The van der Waals surface area contributed by atoms with Gasteiger partial charge in [0.25, 0.3) is 5.91 Å². The molecular weight excluding hydrogens is 373 g/mol. The first-order chi connectivity index (χ1) is 13.9. The molecule has 8 heteroatoms. The van der Waals surface area contributed by atoms with Gasteiger partial charge in [0.15, 0.2) is 5.69 Å². The summed E-state index contributed by atoms with van der Waals surface area (Å²) in [5.74, 6) is -0.349. The van der Waals surface area contributed by atoms with Gasteiger partial charge in [-0.2, -0.15) is 0 Å². The molecule has 0 atom stereocenters. The first-order valence-electron chi connectivity index (χ1n) is 10.1. The Balaban J connectivity index is 1.56. The minimum Gasteiger partial charge on any atom is -0.349 e. The summed E-state index contributed by atoms with van der Waals surface area (Å²) in [7, 11) is 3.51. The largest absolute Gasteiger partial charge is 0.349 e. The molecule has 1 heterocycles. The number of hydrogen-bond donors (Lipinski definition) is 1. The van der Waals surface area contributed by atoms with Gasteiger partial charge in [0.05, 0.1) is 16.8 Å². The Bertz CT molecular complexity index is 912. The second-order valence-electron chi connectivity index (χ2n) is 8.36. The van der Waals surface area contributed by atoms with E-state index in [0.29, 0.717) is 17.9 Å². The lowest BCUT2D eigenvalue weighted by Gasteiger charge is -2.30. The Morgan fingerprint density at radius 3 is 2.45 bits per heavy atom. The smallest absolute Gasteiger partial charge is 0.273 e. The van der Waals surface area contributed by atoms with Crippen molar-refractivity contribution >= 4 is 11.8 Å². The minimum atomic E-state index is -0.536. The number of rotatable bonds is 6. The Labute approximate surface area is 169 Å². The zero-order valence-electron chi connectivity index (χ0n) is 16.8. The van der Waals surface area contributed by atoms with Gasteiger partial charge in [-0.3, -0.25) is 9.59 Å². The van der Waals surface area contributed by atoms with Crippen LogP contribution >= 0.6 is 0 Å². The summed E-state index contributed by atoms with van der Waals surface area (Å²) in [6.07, 6.45) is 5.48. The van der Waals surface area contributed by atoms with Crippen molar-refractivity contribution in [3.8, 4) is 5.69 Å². The fourth-order valence-corrected chi connectivity index (χ4v) is 4.27. The molecule has 2 amide bonds. The third-order valence-corrected chi connectivity index (χ3v) is 5.96. The van der Waals surface area contributed by atoms with Crippen molar-refractivity contribution in [2.45, 2.75) is 44.4 Å². The number of benzene rings is 1. The monoisotopic (exact) mass is 399 g/mol. The molecule has 1 N–H and O–H groups in total. The number of carbonyl (C=O) groups is 2. The molecule has 4 rings (SSSR count). The molecule has 0 radical (unpaired) electrons. The highest BCUT2D eigenvalue weighted by Crippen LogP contribution is 2.42. The van der Waals surface area contributed by atoms with E-state index in [2.05, 4.69) is 15.6 Å². The van der Waals surface area contributed by atoms with Crippen molar-refractivity contribution in [1.82, 2.24) is 25.2 Å². The zero-order valence-corrected chi connectivity index (χ0v) is 16.8. The van der Waals surface area contributed by atoms with E-state index in [-0.39, 0.29) is 23.5 Å². The molecule has 2 saturated carbocycles. The summed E-state index contributed by atoms with van der Waals surface area (Å²) in [4.78, 5) is 27.3. The van der Waals surface area contributed by atoms with E-state index in [9.17, 15) is 14.0 Å². The van der Waals surface area contributed by atoms with Crippen LogP contribution in [0, 0.1) is 11.2 Å². The molecule has 0 spiro atoms. The molecule has 0 unspecified atom stereocenters. The Hall–Kier alpha value is -2.77. The minimum absolute atomic E-state index is 0.0627. The topological polar surface area (TPSA) is 80.1 Å². The van der Waals surface area contributed by atoms with Gasteiger partial charge in [0, 0.05) is 26.6 Å². The molecule has 0 aliphatic heterocycles. The summed E-state index contributed by atoms with van der Waals surface area (Å²) in [6, 6.07) is 5.98. The first-order valence-corrected chi connectivity index (χ1v) is 10.1. The van der Waals surface area contributed by atoms with Crippen LogP contribution in [-0.4, -0.2) is 52.3 Å². The number of amides is 2. The lowest BCUT2D eigenvalue weighted by molar-refractivity contribution is -0.138. The maximum atomic E-state index is 13.3. The van der Waals surface area contributed by atoms with E-state index in [1.807, 2.05) is 0 Å². The van der Waals surface area contributed by atoms with Crippen LogP contribution in [-0.2, 0) is 4.79 Å². The van der Waals surface area contributed by atoms with Crippen LogP contribution in [0.1, 0.15) is 60.6 Å². The van der Waals surface area contributed by atoms with Gasteiger partial charge in [-0.1, -0.05) is 18.1 Å².